The van der Waals surface area contributed by atoms with E-state index in [1.54, 1.807) is 30.9 Å². The molecule has 0 saturated carbocycles. The van der Waals surface area contributed by atoms with Gasteiger partial charge in [0.05, 0.1) is 10.5 Å². The molecule has 2 aromatic carbocycles. The Labute approximate surface area is 167 Å². The molecule has 0 bridgehead atoms. The van der Waals surface area contributed by atoms with Crippen LogP contribution in [0.3, 0.4) is 0 Å². The van der Waals surface area contributed by atoms with Crippen molar-refractivity contribution in [2.24, 2.45) is 0 Å². The lowest BCUT2D eigenvalue weighted by molar-refractivity contribution is 0.0988. The van der Waals surface area contributed by atoms with E-state index in [0.29, 0.717) is 36.2 Å². The largest absolute Gasteiger partial charge is 0.308 e. The smallest absolute Gasteiger partial charge is 0.259 e. The Morgan fingerprint density at radius 2 is 1.89 bits per heavy atom. The van der Waals surface area contributed by atoms with E-state index in [4.69, 9.17) is 0 Å². The van der Waals surface area contributed by atoms with Crippen molar-refractivity contribution in [3.8, 4) is 0 Å². The summed E-state index contributed by atoms with van der Waals surface area (Å²) >= 11 is 3.29. The fourth-order valence-corrected chi connectivity index (χ4v) is 5.19. The van der Waals surface area contributed by atoms with Crippen LogP contribution in [0.5, 0.6) is 0 Å². The summed E-state index contributed by atoms with van der Waals surface area (Å²) in [5, 5.41) is 0. The lowest BCUT2D eigenvalue weighted by atomic mass is 10.1. The van der Waals surface area contributed by atoms with Gasteiger partial charge in [-0.05, 0) is 64.3 Å². The molecule has 1 amide bonds. The molecule has 0 aliphatic carbocycles. The topological polar surface area (TPSA) is 57.7 Å². The van der Waals surface area contributed by atoms with Crippen molar-refractivity contribution in [2.75, 3.05) is 24.5 Å². The molecule has 144 valence electrons. The summed E-state index contributed by atoms with van der Waals surface area (Å²) in [5.74, 6) is -0.805. The van der Waals surface area contributed by atoms with E-state index in [1.165, 1.54) is 28.6 Å². The minimum absolute atomic E-state index is 0.228. The highest BCUT2D eigenvalue weighted by atomic mass is 79.9. The Morgan fingerprint density at radius 1 is 1.19 bits per heavy atom. The maximum Gasteiger partial charge on any atom is 0.259 e. The monoisotopic (exact) mass is 454 g/mol. The van der Waals surface area contributed by atoms with Gasteiger partial charge in [0.2, 0.25) is 10.0 Å². The minimum atomic E-state index is -3.55. The predicted octanol–water partition coefficient (Wildman–Crippen LogP) is 3.82. The van der Waals surface area contributed by atoms with Crippen LogP contribution in [0.25, 0.3) is 0 Å². The van der Waals surface area contributed by atoms with E-state index < -0.39 is 15.8 Å². The highest BCUT2D eigenvalue weighted by Crippen LogP contribution is 2.33. The number of sulfonamides is 1. The van der Waals surface area contributed by atoms with Gasteiger partial charge >= 0.3 is 0 Å². The first-order valence-corrected chi connectivity index (χ1v) is 10.9. The van der Waals surface area contributed by atoms with E-state index in [9.17, 15) is 17.6 Å². The van der Waals surface area contributed by atoms with Crippen molar-refractivity contribution in [1.29, 1.82) is 0 Å². The quantitative estimate of drug-likeness (QED) is 0.689. The molecular formula is C19H20BrFN2O3S. The van der Waals surface area contributed by atoms with Crippen LogP contribution in [0.15, 0.2) is 45.8 Å². The first kappa shape index (κ1) is 20.0. The van der Waals surface area contributed by atoms with Crippen LogP contribution in [0.2, 0.25) is 0 Å². The van der Waals surface area contributed by atoms with Gasteiger partial charge in [-0.2, -0.15) is 4.31 Å². The van der Waals surface area contributed by atoms with Gasteiger partial charge in [0.15, 0.2) is 0 Å². The van der Waals surface area contributed by atoms with Crippen LogP contribution in [-0.4, -0.2) is 38.3 Å². The molecule has 8 heteroatoms. The van der Waals surface area contributed by atoms with Gasteiger partial charge < -0.3 is 4.90 Å². The highest BCUT2D eigenvalue weighted by molar-refractivity contribution is 9.10. The summed E-state index contributed by atoms with van der Waals surface area (Å²) < 4.78 is 40.9. The van der Waals surface area contributed by atoms with Crippen LogP contribution >= 0.6 is 15.9 Å². The van der Waals surface area contributed by atoms with E-state index in [1.807, 2.05) is 0 Å². The van der Waals surface area contributed by atoms with Crippen molar-refractivity contribution < 1.29 is 17.6 Å². The fraction of sp³-hybridized carbons (Fsp3) is 0.316. The predicted molar refractivity (Wildman–Crippen MR) is 106 cm³/mol. The van der Waals surface area contributed by atoms with E-state index >= 15 is 0 Å². The lowest BCUT2D eigenvalue weighted by Crippen LogP contribution is -2.31. The first-order valence-electron chi connectivity index (χ1n) is 8.69. The Bertz CT molecular complexity index is 990. The summed E-state index contributed by atoms with van der Waals surface area (Å²) in [4.78, 5) is 14.7. The molecule has 3 rings (SSSR count). The molecule has 0 saturated heterocycles. The minimum Gasteiger partial charge on any atom is -0.308 e. The third-order valence-electron chi connectivity index (χ3n) is 4.69. The van der Waals surface area contributed by atoms with Crippen LogP contribution < -0.4 is 4.90 Å². The summed E-state index contributed by atoms with van der Waals surface area (Å²) in [6.07, 6.45) is 0.551. The van der Waals surface area contributed by atoms with Gasteiger partial charge in [-0.15, -0.1) is 0 Å². The van der Waals surface area contributed by atoms with E-state index in [2.05, 4.69) is 15.9 Å². The molecule has 1 heterocycles. The number of hydrogen-bond acceptors (Lipinski definition) is 3. The van der Waals surface area contributed by atoms with Crippen LogP contribution in [0.4, 0.5) is 10.1 Å². The maximum absolute atomic E-state index is 13.6. The number of fused-ring (bicyclic) bond motifs is 1. The summed E-state index contributed by atoms with van der Waals surface area (Å²) in [6.45, 7) is 4.81. The molecule has 2 aromatic rings. The second kappa shape index (κ2) is 7.69. The van der Waals surface area contributed by atoms with Gasteiger partial charge in [-0.3, -0.25) is 4.79 Å². The number of rotatable bonds is 5. The molecule has 1 aliphatic rings. The second-order valence-corrected chi connectivity index (χ2v) is 9.00. The molecule has 1 aliphatic heterocycles. The van der Waals surface area contributed by atoms with Gasteiger partial charge in [0.1, 0.15) is 5.82 Å². The van der Waals surface area contributed by atoms with Gasteiger partial charge in [-0.25, -0.2) is 12.8 Å². The fourth-order valence-electron chi connectivity index (χ4n) is 3.27. The first-order chi connectivity index (χ1) is 12.8. The van der Waals surface area contributed by atoms with Crippen molar-refractivity contribution >= 4 is 37.5 Å². The molecule has 0 unspecified atom stereocenters. The molecule has 5 nitrogen and oxygen atoms in total. The Morgan fingerprint density at radius 3 is 2.56 bits per heavy atom. The van der Waals surface area contributed by atoms with E-state index in [-0.39, 0.29) is 16.4 Å². The number of halogens is 2. The van der Waals surface area contributed by atoms with Crippen molar-refractivity contribution in [1.82, 2.24) is 4.31 Å². The Balaban J connectivity index is 1.95. The summed E-state index contributed by atoms with van der Waals surface area (Å²) in [6, 6.07) is 8.80. The van der Waals surface area contributed by atoms with Crippen LogP contribution in [0.1, 0.15) is 29.8 Å². The molecule has 27 heavy (non-hydrogen) atoms. The number of benzene rings is 2. The number of carbonyl (C=O) groups is 1. The highest BCUT2D eigenvalue weighted by Gasteiger charge is 2.29. The number of carbonyl (C=O) groups excluding carboxylic acids is 1. The van der Waals surface area contributed by atoms with E-state index in [0.717, 1.165) is 5.56 Å². The number of nitrogens with zero attached hydrogens (tertiary/aromatic N) is 2. The molecular weight excluding hydrogens is 435 g/mol. The summed E-state index contributed by atoms with van der Waals surface area (Å²) in [5.41, 5.74) is 1.70. The maximum atomic E-state index is 13.6. The normalized spacial score (nSPS) is 13.9. The summed E-state index contributed by atoms with van der Waals surface area (Å²) in [7, 11) is -3.55. The molecule has 0 radical (unpaired) electrons. The molecule has 0 spiro atoms. The Kier molecular flexibility index (Phi) is 5.69. The molecule has 0 N–H and O–H groups in total. The van der Waals surface area contributed by atoms with Crippen molar-refractivity contribution in [3.05, 3.63) is 57.8 Å². The van der Waals surface area contributed by atoms with Gasteiger partial charge in [0, 0.05) is 29.8 Å². The third kappa shape index (κ3) is 3.66. The molecule has 0 fully saturated rings. The second-order valence-electron chi connectivity index (χ2n) is 6.21. The zero-order valence-electron chi connectivity index (χ0n) is 15.1. The van der Waals surface area contributed by atoms with Crippen molar-refractivity contribution in [2.45, 2.75) is 25.2 Å². The zero-order valence-corrected chi connectivity index (χ0v) is 17.5. The lowest BCUT2D eigenvalue weighted by Gasteiger charge is -2.20. The zero-order chi connectivity index (χ0) is 19.8. The van der Waals surface area contributed by atoms with Gasteiger partial charge in [0.25, 0.3) is 5.91 Å². The average molecular weight is 455 g/mol. The average Bonchev–Trinajstić information content (AvgIpc) is 3.07. The number of hydrogen-bond donors (Lipinski definition) is 0. The van der Waals surface area contributed by atoms with Crippen LogP contribution in [0, 0.1) is 5.82 Å². The molecule has 0 atom stereocenters. The Hall–Kier alpha value is -1.77. The van der Waals surface area contributed by atoms with Gasteiger partial charge in [-0.1, -0.05) is 13.8 Å². The van der Waals surface area contributed by atoms with Crippen LogP contribution in [-0.2, 0) is 16.4 Å². The molecule has 0 aromatic heterocycles. The van der Waals surface area contributed by atoms with Crippen molar-refractivity contribution in [3.63, 3.8) is 0 Å². The third-order valence-corrected chi connectivity index (χ3v) is 7.43. The standard InChI is InChI=1S/C19H20BrFN2O3S/c1-3-22(4-2)27(25,26)15-6-8-18-13(11-15)9-10-23(18)19(24)16-12-14(21)5-7-17(16)20/h5-8,11-12H,3-4,9-10H2,1-2H3. The number of amides is 1. The number of anilines is 1. The SMILES string of the molecule is CCN(CC)S(=O)(=O)c1ccc2c(c1)CCN2C(=O)c1cc(F)ccc1Br.